The van der Waals surface area contributed by atoms with Gasteiger partial charge in [0, 0.05) is 6.42 Å². The second-order valence-electron chi connectivity index (χ2n) is 4.17. The summed E-state index contributed by atoms with van der Waals surface area (Å²) in [4.78, 5) is 23.1. The topological polar surface area (TPSA) is 66.4 Å². The molecular formula is C14H17NO3. The molecule has 0 aliphatic rings. The first kappa shape index (κ1) is 14.0. The predicted octanol–water partition coefficient (Wildman–Crippen LogP) is 2.07. The number of aliphatic carboxylic acids is 1. The number of rotatable bonds is 6. The molecule has 1 unspecified atom stereocenters. The van der Waals surface area contributed by atoms with E-state index in [1.807, 2.05) is 0 Å². The van der Waals surface area contributed by atoms with Gasteiger partial charge >= 0.3 is 5.97 Å². The molecular weight excluding hydrogens is 230 g/mol. The largest absolute Gasteiger partial charge is 0.479 e. The van der Waals surface area contributed by atoms with Crippen LogP contribution in [0.1, 0.15) is 25.3 Å². The quantitative estimate of drug-likeness (QED) is 0.756. The van der Waals surface area contributed by atoms with E-state index in [2.05, 4.69) is 11.9 Å². The Kier molecular flexibility index (Phi) is 4.66. The van der Waals surface area contributed by atoms with E-state index < -0.39 is 11.5 Å². The number of hydrogen-bond donors (Lipinski definition) is 2. The predicted molar refractivity (Wildman–Crippen MR) is 69.0 cm³/mol. The lowest BCUT2D eigenvalue weighted by Crippen LogP contribution is -2.49. The van der Waals surface area contributed by atoms with E-state index in [0.717, 1.165) is 0 Å². The van der Waals surface area contributed by atoms with E-state index in [4.69, 9.17) is 0 Å². The Morgan fingerprint density at radius 3 is 2.50 bits per heavy atom. The summed E-state index contributed by atoms with van der Waals surface area (Å²) in [5.74, 6) is -1.38. The van der Waals surface area contributed by atoms with Gasteiger partial charge in [0.25, 0.3) is 0 Å². The van der Waals surface area contributed by atoms with E-state index in [0.29, 0.717) is 12.0 Å². The van der Waals surface area contributed by atoms with E-state index >= 15 is 0 Å². The van der Waals surface area contributed by atoms with Crippen LogP contribution in [0.3, 0.4) is 0 Å². The summed E-state index contributed by atoms with van der Waals surface area (Å²) in [5.41, 5.74) is -0.857. The molecule has 0 saturated heterocycles. The first-order valence-corrected chi connectivity index (χ1v) is 5.71. The van der Waals surface area contributed by atoms with Gasteiger partial charge in [0.2, 0.25) is 5.91 Å². The molecule has 0 saturated carbocycles. The maximum absolute atomic E-state index is 11.7. The van der Waals surface area contributed by atoms with Crippen molar-refractivity contribution in [3.63, 3.8) is 0 Å². The van der Waals surface area contributed by atoms with E-state index in [1.54, 1.807) is 36.4 Å². The van der Waals surface area contributed by atoms with Crippen LogP contribution in [0.25, 0.3) is 0 Å². The fourth-order valence-electron chi connectivity index (χ4n) is 1.60. The van der Waals surface area contributed by atoms with Gasteiger partial charge in [0.1, 0.15) is 0 Å². The summed E-state index contributed by atoms with van der Waals surface area (Å²) in [5, 5.41) is 11.9. The van der Waals surface area contributed by atoms with E-state index in [9.17, 15) is 14.7 Å². The zero-order valence-corrected chi connectivity index (χ0v) is 10.3. The smallest absolute Gasteiger partial charge is 0.333 e. The molecule has 1 rings (SSSR count). The molecule has 0 radical (unpaired) electrons. The third-order valence-corrected chi connectivity index (χ3v) is 2.74. The highest BCUT2D eigenvalue weighted by Gasteiger charge is 2.36. The molecule has 0 spiro atoms. The minimum atomic E-state index is -1.40. The molecule has 0 aromatic heterocycles. The Morgan fingerprint density at radius 1 is 1.39 bits per heavy atom. The zero-order valence-electron chi connectivity index (χ0n) is 10.3. The number of nitrogens with one attached hydrogen (secondary N) is 1. The number of carboxylic acids is 1. The molecule has 0 aliphatic carbocycles. The average Bonchev–Trinajstić information content (AvgIpc) is 2.37. The normalized spacial score (nSPS) is 13.4. The number of benzene rings is 1. The molecule has 1 amide bonds. The maximum Gasteiger partial charge on any atom is 0.333 e. The van der Waals surface area contributed by atoms with Crippen molar-refractivity contribution >= 4 is 11.9 Å². The number of allylic oxidation sites excluding steroid dienone is 1. The number of carbonyl (C=O) groups is 2. The molecule has 2 N–H and O–H groups in total. The van der Waals surface area contributed by atoms with Crippen LogP contribution in [0.4, 0.5) is 0 Å². The van der Waals surface area contributed by atoms with Gasteiger partial charge < -0.3 is 10.4 Å². The fourth-order valence-corrected chi connectivity index (χ4v) is 1.60. The fraction of sp³-hybridized carbons (Fsp3) is 0.286. The lowest BCUT2D eigenvalue weighted by atomic mass is 9.92. The third kappa shape index (κ3) is 3.20. The molecule has 1 aromatic carbocycles. The van der Waals surface area contributed by atoms with Gasteiger partial charge in [-0.1, -0.05) is 36.4 Å². The van der Waals surface area contributed by atoms with Crippen molar-refractivity contribution in [1.29, 1.82) is 0 Å². The average molecular weight is 247 g/mol. The Labute approximate surface area is 106 Å². The molecule has 0 bridgehead atoms. The van der Waals surface area contributed by atoms with Crippen LogP contribution in [0.5, 0.6) is 0 Å². The van der Waals surface area contributed by atoms with Gasteiger partial charge in [-0.3, -0.25) is 4.79 Å². The van der Waals surface area contributed by atoms with Crippen molar-refractivity contribution in [2.24, 2.45) is 0 Å². The minimum Gasteiger partial charge on any atom is -0.479 e. The summed E-state index contributed by atoms with van der Waals surface area (Å²) in [6.07, 6.45) is 2.38. The standard InChI is InChI=1S/C14H17NO3/c1-3-4-10-12(16)15-14(2,13(17)18)11-8-6-5-7-9-11/h3,5-9H,1,4,10H2,2H3,(H,15,16)(H,17,18). The van der Waals surface area contributed by atoms with Crippen LogP contribution in [0.2, 0.25) is 0 Å². The Bertz CT molecular complexity index is 442. The van der Waals surface area contributed by atoms with Gasteiger partial charge in [-0.2, -0.15) is 0 Å². The third-order valence-electron chi connectivity index (χ3n) is 2.74. The molecule has 0 aliphatic heterocycles. The number of amides is 1. The van der Waals surface area contributed by atoms with Crippen molar-refractivity contribution in [2.75, 3.05) is 0 Å². The number of hydrogen-bond acceptors (Lipinski definition) is 2. The molecule has 4 nitrogen and oxygen atoms in total. The summed E-state index contributed by atoms with van der Waals surface area (Å²) >= 11 is 0. The van der Waals surface area contributed by atoms with Crippen LogP contribution in [-0.2, 0) is 15.1 Å². The Hall–Kier alpha value is -2.10. The first-order chi connectivity index (χ1) is 8.50. The highest BCUT2D eigenvalue weighted by molar-refractivity contribution is 5.87. The summed E-state index contributed by atoms with van der Waals surface area (Å²) < 4.78 is 0. The minimum absolute atomic E-state index is 0.235. The molecule has 96 valence electrons. The zero-order chi connectivity index (χ0) is 13.6. The Balaban J connectivity index is 2.92. The molecule has 1 aromatic rings. The highest BCUT2D eigenvalue weighted by atomic mass is 16.4. The van der Waals surface area contributed by atoms with E-state index in [-0.39, 0.29) is 12.3 Å². The molecule has 0 heterocycles. The molecule has 4 heteroatoms. The summed E-state index contributed by atoms with van der Waals surface area (Å²) in [7, 11) is 0. The number of carbonyl (C=O) groups excluding carboxylic acids is 1. The van der Waals surface area contributed by atoms with Crippen LogP contribution in [-0.4, -0.2) is 17.0 Å². The van der Waals surface area contributed by atoms with Gasteiger partial charge in [0.05, 0.1) is 0 Å². The van der Waals surface area contributed by atoms with Crippen LogP contribution in [0, 0.1) is 0 Å². The van der Waals surface area contributed by atoms with Crippen LogP contribution < -0.4 is 5.32 Å². The second kappa shape index (κ2) is 6.00. The van der Waals surface area contributed by atoms with Crippen LogP contribution >= 0.6 is 0 Å². The van der Waals surface area contributed by atoms with Crippen molar-refractivity contribution in [3.8, 4) is 0 Å². The maximum atomic E-state index is 11.7. The lowest BCUT2D eigenvalue weighted by molar-refractivity contribution is -0.147. The monoisotopic (exact) mass is 247 g/mol. The van der Waals surface area contributed by atoms with Crippen molar-refractivity contribution in [1.82, 2.24) is 5.32 Å². The SMILES string of the molecule is C=CCCC(=O)NC(C)(C(=O)O)c1ccccc1. The van der Waals surface area contributed by atoms with Crippen molar-refractivity contribution < 1.29 is 14.7 Å². The first-order valence-electron chi connectivity index (χ1n) is 5.71. The number of carboxylic acid groups (broad SMARTS) is 1. The summed E-state index contributed by atoms with van der Waals surface area (Å²) in [6, 6.07) is 8.65. The van der Waals surface area contributed by atoms with Gasteiger partial charge in [0.15, 0.2) is 5.54 Å². The molecule has 1 atom stereocenters. The van der Waals surface area contributed by atoms with Crippen molar-refractivity contribution in [2.45, 2.75) is 25.3 Å². The van der Waals surface area contributed by atoms with Crippen LogP contribution in [0.15, 0.2) is 43.0 Å². The van der Waals surface area contributed by atoms with Gasteiger partial charge in [-0.25, -0.2) is 4.79 Å². The van der Waals surface area contributed by atoms with E-state index in [1.165, 1.54) is 6.92 Å². The van der Waals surface area contributed by atoms with Gasteiger partial charge in [-0.05, 0) is 18.9 Å². The van der Waals surface area contributed by atoms with Gasteiger partial charge in [-0.15, -0.1) is 6.58 Å². The van der Waals surface area contributed by atoms with Crippen molar-refractivity contribution in [3.05, 3.63) is 48.6 Å². The molecule has 18 heavy (non-hydrogen) atoms. The second-order valence-corrected chi connectivity index (χ2v) is 4.17. The summed E-state index contributed by atoms with van der Waals surface area (Å²) in [6.45, 7) is 5.01. The molecule has 0 fully saturated rings. The lowest BCUT2D eigenvalue weighted by Gasteiger charge is -2.26. The highest BCUT2D eigenvalue weighted by Crippen LogP contribution is 2.21. The Morgan fingerprint density at radius 2 is 2.00 bits per heavy atom.